The van der Waals surface area contributed by atoms with Crippen LogP contribution in [0.15, 0.2) is 67.0 Å². The van der Waals surface area contributed by atoms with Crippen LogP contribution in [-0.2, 0) is 11.3 Å². The number of aliphatic hydroxyl groups excluding tert-OH is 1. The van der Waals surface area contributed by atoms with Gasteiger partial charge in [0, 0.05) is 42.5 Å². The SMILES string of the molecule is C[C@H](Cn1ccc2c(OCC(=O)O)cccc21)NC[C@H](O)COc1ccccc1-c1ccns1. The fourth-order valence-electron chi connectivity index (χ4n) is 3.71. The number of aliphatic carboxylic acids is 1. The lowest BCUT2D eigenvalue weighted by Gasteiger charge is -2.19. The van der Waals surface area contributed by atoms with Crippen LogP contribution in [0.1, 0.15) is 6.92 Å². The Bertz CT molecular complexity index is 1220. The van der Waals surface area contributed by atoms with Gasteiger partial charge in [0.1, 0.15) is 24.2 Å². The standard InChI is InChI=1S/C25H27N3O5S/c1-17(14-28-12-10-19-21(28)6-4-8-22(19)33-16-25(30)31)26-13-18(29)15-32-23-7-3-2-5-20(23)24-9-11-27-34-24/h2-12,17-18,26,29H,13-16H2,1H3,(H,30,31)/t17-,18+/m1/s1. The molecule has 8 nitrogen and oxygen atoms in total. The molecule has 0 aliphatic heterocycles. The summed E-state index contributed by atoms with van der Waals surface area (Å²) in [5.74, 6) is 0.257. The summed E-state index contributed by atoms with van der Waals surface area (Å²) in [6.07, 6.45) is 3.04. The number of benzene rings is 2. The van der Waals surface area contributed by atoms with E-state index in [0.717, 1.165) is 27.1 Å². The summed E-state index contributed by atoms with van der Waals surface area (Å²) in [4.78, 5) is 11.8. The smallest absolute Gasteiger partial charge is 0.341 e. The minimum absolute atomic E-state index is 0.0818. The van der Waals surface area contributed by atoms with E-state index in [0.29, 0.717) is 18.8 Å². The van der Waals surface area contributed by atoms with Crippen LogP contribution in [0, 0.1) is 0 Å². The van der Waals surface area contributed by atoms with Crippen molar-refractivity contribution in [3.63, 3.8) is 0 Å². The molecule has 0 unspecified atom stereocenters. The zero-order valence-corrected chi connectivity index (χ0v) is 19.6. The number of carbonyl (C=O) groups is 1. The fourth-order valence-corrected chi connectivity index (χ4v) is 4.34. The highest BCUT2D eigenvalue weighted by molar-refractivity contribution is 7.09. The zero-order chi connectivity index (χ0) is 23.9. The number of ether oxygens (including phenoxy) is 2. The second-order valence-corrected chi connectivity index (χ2v) is 8.82. The van der Waals surface area contributed by atoms with Crippen LogP contribution >= 0.6 is 11.5 Å². The zero-order valence-electron chi connectivity index (χ0n) is 18.8. The fraction of sp³-hybridized carbons (Fsp3) is 0.280. The first-order valence-electron chi connectivity index (χ1n) is 11.0. The number of para-hydroxylation sites is 1. The lowest BCUT2D eigenvalue weighted by atomic mass is 10.1. The van der Waals surface area contributed by atoms with Gasteiger partial charge in [-0.1, -0.05) is 18.2 Å². The topological polar surface area (TPSA) is 106 Å². The average molecular weight is 482 g/mol. The van der Waals surface area contributed by atoms with Crippen LogP contribution in [0.2, 0.25) is 0 Å². The van der Waals surface area contributed by atoms with Gasteiger partial charge in [0.05, 0.1) is 10.4 Å². The molecule has 0 radical (unpaired) electrons. The molecule has 4 rings (SSSR count). The first-order valence-corrected chi connectivity index (χ1v) is 11.8. The molecule has 0 saturated carbocycles. The van der Waals surface area contributed by atoms with Crippen molar-refractivity contribution in [2.45, 2.75) is 25.6 Å². The molecular weight excluding hydrogens is 454 g/mol. The molecule has 0 bridgehead atoms. The van der Waals surface area contributed by atoms with Gasteiger partial charge in [-0.05, 0) is 54.9 Å². The minimum Gasteiger partial charge on any atom is -0.490 e. The van der Waals surface area contributed by atoms with E-state index in [2.05, 4.69) is 14.3 Å². The van der Waals surface area contributed by atoms with E-state index < -0.39 is 12.1 Å². The van der Waals surface area contributed by atoms with Crippen molar-refractivity contribution >= 4 is 28.4 Å². The second-order valence-electron chi connectivity index (χ2n) is 7.99. The first-order chi connectivity index (χ1) is 16.5. The van der Waals surface area contributed by atoms with Crippen LogP contribution in [0.25, 0.3) is 21.3 Å². The third-order valence-corrected chi connectivity index (χ3v) is 6.10. The van der Waals surface area contributed by atoms with Gasteiger partial charge in [-0.3, -0.25) is 0 Å². The van der Waals surface area contributed by atoms with Crippen molar-refractivity contribution in [3.8, 4) is 21.9 Å². The maximum absolute atomic E-state index is 10.8. The lowest BCUT2D eigenvalue weighted by molar-refractivity contribution is -0.139. The maximum atomic E-state index is 10.8. The number of hydrogen-bond acceptors (Lipinski definition) is 7. The van der Waals surface area contributed by atoms with Gasteiger partial charge in [0.15, 0.2) is 6.61 Å². The summed E-state index contributed by atoms with van der Waals surface area (Å²) in [6.45, 7) is 2.90. The Morgan fingerprint density at radius 1 is 1.12 bits per heavy atom. The van der Waals surface area contributed by atoms with E-state index in [1.54, 1.807) is 12.3 Å². The van der Waals surface area contributed by atoms with Gasteiger partial charge >= 0.3 is 5.97 Å². The molecule has 3 N–H and O–H groups in total. The van der Waals surface area contributed by atoms with Crippen molar-refractivity contribution in [2.75, 3.05) is 19.8 Å². The van der Waals surface area contributed by atoms with Gasteiger partial charge in [-0.15, -0.1) is 0 Å². The number of carboxylic acids is 1. The molecule has 2 aromatic carbocycles. The minimum atomic E-state index is -1.01. The highest BCUT2D eigenvalue weighted by atomic mass is 32.1. The van der Waals surface area contributed by atoms with Crippen molar-refractivity contribution in [3.05, 3.63) is 67.0 Å². The molecule has 0 saturated heterocycles. The van der Waals surface area contributed by atoms with E-state index in [1.165, 1.54) is 11.5 Å². The number of aliphatic hydroxyl groups is 1. The molecule has 0 aliphatic rings. The highest BCUT2D eigenvalue weighted by Gasteiger charge is 2.13. The van der Waals surface area contributed by atoms with Gasteiger partial charge in [-0.25, -0.2) is 9.17 Å². The van der Waals surface area contributed by atoms with Gasteiger partial charge in [0.2, 0.25) is 0 Å². The van der Waals surface area contributed by atoms with E-state index in [9.17, 15) is 9.90 Å². The summed E-state index contributed by atoms with van der Waals surface area (Å²) >= 11 is 1.40. The molecule has 2 atom stereocenters. The molecule has 2 aromatic heterocycles. The van der Waals surface area contributed by atoms with Crippen LogP contribution in [0.3, 0.4) is 0 Å². The third kappa shape index (κ3) is 5.93. The van der Waals surface area contributed by atoms with Crippen LogP contribution < -0.4 is 14.8 Å². The number of fused-ring (bicyclic) bond motifs is 1. The molecule has 34 heavy (non-hydrogen) atoms. The predicted molar refractivity (Wildman–Crippen MR) is 132 cm³/mol. The molecule has 2 heterocycles. The molecule has 0 fully saturated rings. The molecule has 0 spiro atoms. The number of rotatable bonds is 12. The van der Waals surface area contributed by atoms with E-state index in [-0.39, 0.29) is 19.3 Å². The predicted octanol–water partition coefficient (Wildman–Crippen LogP) is 3.65. The highest BCUT2D eigenvalue weighted by Crippen LogP contribution is 2.32. The van der Waals surface area contributed by atoms with Crippen molar-refractivity contribution in [2.24, 2.45) is 0 Å². The van der Waals surface area contributed by atoms with Crippen LogP contribution in [0.5, 0.6) is 11.5 Å². The normalized spacial score (nSPS) is 13.0. The van der Waals surface area contributed by atoms with Gasteiger partial charge < -0.3 is 29.6 Å². The van der Waals surface area contributed by atoms with Gasteiger partial charge in [0.25, 0.3) is 0 Å². The second kappa shape index (κ2) is 11.1. The maximum Gasteiger partial charge on any atom is 0.341 e. The first kappa shape index (κ1) is 23.7. The molecular formula is C25H27N3O5S. The van der Waals surface area contributed by atoms with Crippen molar-refractivity contribution in [1.29, 1.82) is 0 Å². The van der Waals surface area contributed by atoms with Crippen molar-refractivity contribution in [1.82, 2.24) is 14.3 Å². The number of nitrogens with one attached hydrogen (secondary N) is 1. The summed E-state index contributed by atoms with van der Waals surface area (Å²) in [6, 6.07) is 17.3. The number of carboxylic acid groups (broad SMARTS) is 1. The summed E-state index contributed by atoms with van der Waals surface area (Å²) < 4.78 is 17.5. The monoisotopic (exact) mass is 481 g/mol. The summed E-state index contributed by atoms with van der Waals surface area (Å²) in [5.41, 5.74) is 1.92. The lowest BCUT2D eigenvalue weighted by Crippen LogP contribution is -2.38. The molecule has 4 aromatic rings. The van der Waals surface area contributed by atoms with E-state index >= 15 is 0 Å². The molecule has 0 aliphatic carbocycles. The number of nitrogens with zero attached hydrogens (tertiary/aromatic N) is 2. The van der Waals surface area contributed by atoms with Crippen molar-refractivity contribution < 1.29 is 24.5 Å². The summed E-state index contributed by atoms with van der Waals surface area (Å²) in [7, 11) is 0. The summed E-state index contributed by atoms with van der Waals surface area (Å²) in [5, 5.41) is 23.5. The Morgan fingerprint density at radius 3 is 2.74 bits per heavy atom. The molecule has 178 valence electrons. The Kier molecular flexibility index (Phi) is 7.79. The Balaban J connectivity index is 1.29. The molecule has 0 amide bonds. The number of hydrogen-bond donors (Lipinski definition) is 3. The Hall–Kier alpha value is -3.40. The van der Waals surface area contributed by atoms with Gasteiger partial charge in [-0.2, -0.15) is 0 Å². The Labute approximate surface area is 201 Å². The average Bonchev–Trinajstić information content (AvgIpc) is 3.51. The van der Waals surface area contributed by atoms with E-state index in [1.807, 2.05) is 61.7 Å². The van der Waals surface area contributed by atoms with Crippen LogP contribution in [0.4, 0.5) is 0 Å². The van der Waals surface area contributed by atoms with E-state index in [4.69, 9.17) is 14.6 Å². The largest absolute Gasteiger partial charge is 0.490 e. The number of aromatic nitrogens is 2. The Morgan fingerprint density at radius 2 is 1.94 bits per heavy atom. The van der Waals surface area contributed by atoms with Crippen LogP contribution in [-0.4, -0.2) is 57.0 Å². The quantitative estimate of drug-likeness (QED) is 0.284. The molecule has 9 heteroatoms. The third-order valence-electron chi connectivity index (χ3n) is 5.32.